The van der Waals surface area contributed by atoms with Crippen molar-refractivity contribution >= 4 is 41.8 Å². The quantitative estimate of drug-likeness (QED) is 0.757. The number of hydrogen-bond acceptors (Lipinski definition) is 1. The number of carbonyl (C=O) groups is 1. The Hall–Kier alpha value is -1.08. The first kappa shape index (κ1) is 12.4. The van der Waals surface area contributed by atoms with E-state index in [-0.39, 0.29) is 4.47 Å². The van der Waals surface area contributed by atoms with Crippen LogP contribution >= 0.6 is 26.4 Å². The predicted octanol–water partition coefficient (Wildman–Crippen LogP) is 4.90. The van der Waals surface area contributed by atoms with E-state index in [0.29, 0.717) is 10.1 Å². The molecular formula is C10H5BrF3O2S+. The van der Waals surface area contributed by atoms with Gasteiger partial charge in [-0.25, -0.2) is 0 Å². The SMILES string of the molecule is O=C(O)[s+]1ccc2cc(C(F)(F)F)cc(Br)c21. The summed E-state index contributed by atoms with van der Waals surface area (Å²) in [6.45, 7) is 0. The normalized spacial score (nSPS) is 13.1. The molecule has 0 aliphatic carbocycles. The summed E-state index contributed by atoms with van der Waals surface area (Å²) in [4.78, 5) is 10.9. The van der Waals surface area contributed by atoms with Gasteiger partial charge in [0.25, 0.3) is 0 Å². The van der Waals surface area contributed by atoms with Gasteiger partial charge in [-0.2, -0.15) is 18.0 Å². The Bertz CT molecular complexity index is 603. The lowest BCUT2D eigenvalue weighted by molar-refractivity contribution is -0.137. The molecule has 2 aromatic rings. The Morgan fingerprint density at radius 1 is 1.35 bits per heavy atom. The Kier molecular flexibility index (Phi) is 2.90. The molecular weight excluding hydrogens is 321 g/mol. The largest absolute Gasteiger partial charge is 0.552 e. The van der Waals surface area contributed by atoms with Crippen LogP contribution in [0.5, 0.6) is 0 Å². The second-order valence-electron chi connectivity index (χ2n) is 3.28. The van der Waals surface area contributed by atoms with Crippen molar-refractivity contribution in [3.05, 3.63) is 33.6 Å². The van der Waals surface area contributed by atoms with Gasteiger partial charge in [-0.05, 0) is 28.1 Å². The fourth-order valence-electron chi connectivity index (χ4n) is 1.49. The van der Waals surface area contributed by atoms with Crippen molar-refractivity contribution in [2.24, 2.45) is 0 Å². The number of fused-ring (bicyclic) bond motifs is 1. The van der Waals surface area contributed by atoms with E-state index in [1.807, 2.05) is 0 Å². The van der Waals surface area contributed by atoms with Gasteiger partial charge in [-0.15, -0.1) is 0 Å². The minimum Gasteiger partial charge on any atom is -0.437 e. The van der Waals surface area contributed by atoms with Gasteiger partial charge in [0.15, 0.2) is 5.38 Å². The van der Waals surface area contributed by atoms with E-state index in [1.165, 1.54) is 11.4 Å². The van der Waals surface area contributed by atoms with Gasteiger partial charge in [0.1, 0.15) is 10.5 Å². The van der Waals surface area contributed by atoms with E-state index in [0.717, 1.165) is 12.1 Å². The highest BCUT2D eigenvalue weighted by molar-refractivity contribution is 9.10. The molecule has 0 bridgehead atoms. The summed E-state index contributed by atoms with van der Waals surface area (Å²) in [5, 5.41) is 9.58. The van der Waals surface area contributed by atoms with E-state index in [1.54, 1.807) is 0 Å². The lowest BCUT2D eigenvalue weighted by Gasteiger charge is -2.06. The summed E-state index contributed by atoms with van der Waals surface area (Å²) in [7, 11) is -1.18. The van der Waals surface area contributed by atoms with Crippen molar-refractivity contribution in [3.63, 3.8) is 0 Å². The fraction of sp³-hybridized carbons (Fsp3) is 0.100. The number of thiophene rings is 1. The summed E-state index contributed by atoms with van der Waals surface area (Å²) in [5.74, 6) is 0. The van der Waals surface area contributed by atoms with Crippen LogP contribution in [0.15, 0.2) is 28.1 Å². The van der Waals surface area contributed by atoms with Crippen molar-refractivity contribution in [1.82, 2.24) is 0 Å². The van der Waals surface area contributed by atoms with Crippen molar-refractivity contribution in [3.8, 4) is 0 Å². The van der Waals surface area contributed by atoms with E-state index in [9.17, 15) is 18.0 Å². The fourth-order valence-corrected chi connectivity index (χ4v) is 3.85. The topological polar surface area (TPSA) is 37.3 Å². The van der Waals surface area contributed by atoms with E-state index in [4.69, 9.17) is 5.11 Å². The molecule has 0 spiro atoms. The van der Waals surface area contributed by atoms with Crippen molar-refractivity contribution in [2.75, 3.05) is 0 Å². The minimum atomic E-state index is -4.43. The first-order chi connectivity index (χ1) is 7.80. The van der Waals surface area contributed by atoms with Crippen LogP contribution in [0.1, 0.15) is 5.56 Å². The zero-order chi connectivity index (χ0) is 12.8. The van der Waals surface area contributed by atoms with Crippen molar-refractivity contribution < 1.29 is 23.1 Å². The third-order valence-corrected chi connectivity index (χ3v) is 4.76. The zero-order valence-corrected chi connectivity index (χ0v) is 10.5. The van der Waals surface area contributed by atoms with E-state index < -0.39 is 27.5 Å². The highest BCUT2D eigenvalue weighted by Gasteiger charge is 2.33. The van der Waals surface area contributed by atoms with Crippen LogP contribution < -0.4 is 0 Å². The molecule has 0 aliphatic rings. The number of halogens is 4. The van der Waals surface area contributed by atoms with E-state index >= 15 is 0 Å². The Morgan fingerprint density at radius 3 is 2.53 bits per heavy atom. The predicted molar refractivity (Wildman–Crippen MR) is 62.6 cm³/mol. The molecule has 1 aromatic carbocycles. The monoisotopic (exact) mass is 325 g/mol. The molecule has 17 heavy (non-hydrogen) atoms. The molecule has 90 valence electrons. The molecule has 1 N–H and O–H groups in total. The van der Waals surface area contributed by atoms with E-state index in [2.05, 4.69) is 15.9 Å². The molecule has 0 saturated carbocycles. The van der Waals surface area contributed by atoms with Gasteiger partial charge in [-0.1, -0.05) is 0 Å². The van der Waals surface area contributed by atoms with Crippen LogP contribution in [0.25, 0.3) is 10.1 Å². The third-order valence-electron chi connectivity index (χ3n) is 2.19. The Labute approximate surface area is 105 Å². The van der Waals surface area contributed by atoms with Crippen molar-refractivity contribution in [1.29, 1.82) is 0 Å². The van der Waals surface area contributed by atoms with Gasteiger partial charge < -0.3 is 5.11 Å². The van der Waals surface area contributed by atoms with Crippen molar-refractivity contribution in [2.45, 2.75) is 6.18 Å². The number of hydrogen-bond donors (Lipinski definition) is 1. The lowest BCUT2D eigenvalue weighted by Crippen LogP contribution is -2.04. The van der Waals surface area contributed by atoms with Gasteiger partial charge in [0.05, 0.1) is 10.0 Å². The minimum absolute atomic E-state index is 0.179. The molecule has 1 unspecified atom stereocenters. The van der Waals surface area contributed by atoms with Crippen LogP contribution in [0.2, 0.25) is 0 Å². The average molecular weight is 326 g/mol. The molecule has 1 aromatic heterocycles. The second-order valence-corrected chi connectivity index (χ2v) is 5.84. The summed E-state index contributed by atoms with van der Waals surface area (Å²) < 4.78 is 38.2. The molecule has 0 fully saturated rings. The van der Waals surface area contributed by atoms with Gasteiger partial charge in [-0.3, -0.25) is 0 Å². The maximum Gasteiger partial charge on any atom is 0.552 e. The molecule has 1 atom stereocenters. The Morgan fingerprint density at radius 2 is 2.00 bits per heavy atom. The van der Waals surface area contributed by atoms with Crippen LogP contribution in [0.4, 0.5) is 18.0 Å². The van der Waals surface area contributed by atoms with Gasteiger partial charge in [0.2, 0.25) is 4.70 Å². The van der Waals surface area contributed by atoms with Crippen LogP contribution in [-0.4, -0.2) is 10.4 Å². The highest BCUT2D eigenvalue weighted by Crippen LogP contribution is 2.41. The standard InChI is InChI=1S/C10H4BrF3O2S/c11-7-4-6(10(12,13)14)3-5-1-2-17(8(5)7)9(15)16/h1-4H/p+1. The van der Waals surface area contributed by atoms with Crippen LogP contribution in [0.3, 0.4) is 0 Å². The average Bonchev–Trinajstić information content (AvgIpc) is 2.60. The first-order valence-electron chi connectivity index (χ1n) is 4.35. The Balaban J connectivity index is 2.74. The summed E-state index contributed by atoms with van der Waals surface area (Å²) >= 11 is 3.00. The number of alkyl halides is 3. The third kappa shape index (κ3) is 2.16. The van der Waals surface area contributed by atoms with Gasteiger partial charge in [0, 0.05) is 11.5 Å². The second kappa shape index (κ2) is 3.99. The zero-order valence-electron chi connectivity index (χ0n) is 8.08. The number of benzene rings is 1. The summed E-state index contributed by atoms with van der Waals surface area (Å²) in [5.41, 5.74) is -0.788. The maximum absolute atomic E-state index is 12.5. The first-order valence-corrected chi connectivity index (χ1v) is 6.44. The molecule has 0 saturated heterocycles. The number of carboxylic acid groups (broad SMARTS) is 1. The summed E-state index contributed by atoms with van der Waals surface area (Å²) in [6, 6.07) is 3.29. The van der Waals surface area contributed by atoms with Crippen LogP contribution in [-0.2, 0) is 6.18 Å². The maximum atomic E-state index is 12.5. The molecule has 2 rings (SSSR count). The molecule has 2 nitrogen and oxygen atoms in total. The highest BCUT2D eigenvalue weighted by atomic mass is 79.9. The van der Waals surface area contributed by atoms with Crippen LogP contribution in [0, 0.1) is 0 Å². The lowest BCUT2D eigenvalue weighted by atomic mass is 10.1. The molecule has 0 aliphatic heterocycles. The molecule has 1 heterocycles. The smallest absolute Gasteiger partial charge is 0.437 e. The molecule has 7 heteroatoms. The number of rotatable bonds is 1. The molecule has 0 radical (unpaired) electrons. The molecule has 0 amide bonds. The van der Waals surface area contributed by atoms with Gasteiger partial charge >= 0.3 is 11.5 Å². The summed E-state index contributed by atoms with van der Waals surface area (Å²) in [6.07, 6.45) is -4.43.